The van der Waals surface area contributed by atoms with Gasteiger partial charge in [-0.25, -0.2) is 4.98 Å². The summed E-state index contributed by atoms with van der Waals surface area (Å²) < 4.78 is 5.67. The van der Waals surface area contributed by atoms with Crippen molar-refractivity contribution >= 4 is 40.7 Å². The van der Waals surface area contributed by atoms with Crippen molar-refractivity contribution in [2.45, 2.75) is 25.8 Å². The molecule has 1 N–H and O–H groups in total. The Balaban J connectivity index is 1.33. The molecule has 2 fully saturated rings. The van der Waals surface area contributed by atoms with Crippen LogP contribution in [0.5, 0.6) is 5.88 Å². The monoisotopic (exact) mass is 433 g/mol. The highest BCUT2D eigenvalue weighted by molar-refractivity contribution is 6.42. The number of nitrogens with zero attached hydrogens (tertiary/aromatic N) is 2. The number of amides is 2. The van der Waals surface area contributed by atoms with Gasteiger partial charge in [-0.15, -0.1) is 0 Å². The van der Waals surface area contributed by atoms with E-state index >= 15 is 0 Å². The van der Waals surface area contributed by atoms with Gasteiger partial charge in [-0.05, 0) is 55.0 Å². The van der Waals surface area contributed by atoms with Gasteiger partial charge in [-0.2, -0.15) is 0 Å². The predicted molar refractivity (Wildman–Crippen MR) is 111 cm³/mol. The lowest BCUT2D eigenvalue weighted by Crippen LogP contribution is -2.36. The van der Waals surface area contributed by atoms with E-state index in [9.17, 15) is 9.59 Å². The Morgan fingerprint density at radius 1 is 1.17 bits per heavy atom. The summed E-state index contributed by atoms with van der Waals surface area (Å²) in [7, 11) is 0. The molecule has 0 radical (unpaired) electrons. The van der Waals surface area contributed by atoms with E-state index in [0.29, 0.717) is 53.6 Å². The van der Waals surface area contributed by atoms with E-state index in [2.05, 4.69) is 10.3 Å². The quantitative estimate of drug-likeness (QED) is 0.673. The Bertz CT molecular complexity index is 933. The molecule has 1 aromatic heterocycles. The van der Waals surface area contributed by atoms with Crippen LogP contribution in [0.4, 0.5) is 5.69 Å². The largest absolute Gasteiger partial charge is 0.477 e. The number of hydrogen-bond acceptors (Lipinski definition) is 4. The Labute approximate surface area is 179 Å². The maximum Gasteiger partial charge on any atom is 0.239 e. The van der Waals surface area contributed by atoms with Crippen molar-refractivity contribution in [3.63, 3.8) is 0 Å². The Kier molecular flexibility index (Phi) is 5.92. The second kappa shape index (κ2) is 8.59. The average Bonchev–Trinajstić information content (AvgIpc) is 3.47. The van der Waals surface area contributed by atoms with Crippen LogP contribution in [0.15, 0.2) is 36.5 Å². The average molecular weight is 434 g/mol. The maximum atomic E-state index is 12.7. The fraction of sp³-hybridized carbons (Fsp3) is 0.381. The first kappa shape index (κ1) is 20.0. The molecular formula is C21H21Cl2N3O3. The van der Waals surface area contributed by atoms with Gasteiger partial charge in [0.2, 0.25) is 17.7 Å². The molecule has 2 heterocycles. The number of halogens is 2. The third kappa shape index (κ3) is 4.82. The van der Waals surface area contributed by atoms with E-state index in [0.717, 1.165) is 5.56 Å². The first-order chi connectivity index (χ1) is 14.0. The summed E-state index contributed by atoms with van der Waals surface area (Å²) in [6, 6.07) is 8.66. The standard InChI is InChI=1S/C21H21Cl2N3O3/c22-17-4-3-15(10-18(17)23)26-8-6-16(21(26)28)20(27)25-11-14-5-7-24-19(9-14)29-12-13-1-2-13/h3-5,7,9-10,13,16H,1-2,6,8,11-12H2,(H,25,27). The smallest absolute Gasteiger partial charge is 0.239 e. The lowest BCUT2D eigenvalue weighted by Gasteiger charge is -2.17. The number of aromatic nitrogens is 1. The molecule has 2 aromatic rings. The summed E-state index contributed by atoms with van der Waals surface area (Å²) in [6.07, 6.45) is 4.54. The SMILES string of the molecule is O=C(NCc1ccnc(OCC2CC2)c1)C1CCN(c2ccc(Cl)c(Cl)c2)C1=O. The number of pyridine rings is 1. The third-order valence-corrected chi connectivity index (χ3v) is 5.91. The summed E-state index contributed by atoms with van der Waals surface area (Å²) in [4.78, 5) is 31.1. The molecule has 1 aromatic carbocycles. The molecule has 8 heteroatoms. The number of nitrogens with one attached hydrogen (secondary N) is 1. The van der Waals surface area contributed by atoms with E-state index in [1.807, 2.05) is 12.1 Å². The molecule has 1 aliphatic carbocycles. The third-order valence-electron chi connectivity index (χ3n) is 5.17. The zero-order valence-corrected chi connectivity index (χ0v) is 17.2. The summed E-state index contributed by atoms with van der Waals surface area (Å²) in [5.41, 5.74) is 1.53. The van der Waals surface area contributed by atoms with Gasteiger partial charge in [0.1, 0.15) is 5.92 Å². The minimum atomic E-state index is -0.711. The van der Waals surface area contributed by atoms with Crippen LogP contribution in [-0.2, 0) is 16.1 Å². The second-order valence-corrected chi connectivity index (χ2v) is 8.22. The second-order valence-electron chi connectivity index (χ2n) is 7.40. The number of carbonyl (C=O) groups excluding carboxylic acids is 2. The molecule has 1 atom stereocenters. The first-order valence-electron chi connectivity index (χ1n) is 9.63. The Morgan fingerprint density at radius 2 is 2.00 bits per heavy atom. The van der Waals surface area contributed by atoms with Crippen LogP contribution in [0.3, 0.4) is 0 Å². The fourth-order valence-electron chi connectivity index (χ4n) is 3.27. The van der Waals surface area contributed by atoms with Crippen LogP contribution in [-0.4, -0.2) is 29.9 Å². The molecule has 6 nitrogen and oxygen atoms in total. The normalized spacial score (nSPS) is 18.8. The molecule has 0 spiro atoms. The zero-order valence-electron chi connectivity index (χ0n) is 15.7. The highest BCUT2D eigenvalue weighted by Crippen LogP contribution is 2.31. The van der Waals surface area contributed by atoms with Gasteiger partial charge in [-0.3, -0.25) is 9.59 Å². The minimum Gasteiger partial charge on any atom is -0.477 e. The van der Waals surface area contributed by atoms with Gasteiger partial charge in [0.05, 0.1) is 16.7 Å². The van der Waals surface area contributed by atoms with E-state index in [4.69, 9.17) is 27.9 Å². The van der Waals surface area contributed by atoms with Crippen LogP contribution >= 0.6 is 23.2 Å². The summed E-state index contributed by atoms with van der Waals surface area (Å²) in [5.74, 6) is -0.0193. The summed E-state index contributed by atoms with van der Waals surface area (Å²) in [5, 5.41) is 3.65. The van der Waals surface area contributed by atoms with Crippen LogP contribution in [0.2, 0.25) is 10.0 Å². The molecule has 0 bridgehead atoms. The van der Waals surface area contributed by atoms with Crippen LogP contribution in [0, 0.1) is 11.8 Å². The van der Waals surface area contributed by atoms with Crippen molar-refractivity contribution in [2.24, 2.45) is 11.8 Å². The van der Waals surface area contributed by atoms with Crippen molar-refractivity contribution in [1.82, 2.24) is 10.3 Å². The minimum absolute atomic E-state index is 0.232. The first-order valence-corrected chi connectivity index (χ1v) is 10.4. The van der Waals surface area contributed by atoms with Gasteiger partial charge in [0, 0.05) is 31.0 Å². The van der Waals surface area contributed by atoms with E-state index in [1.54, 1.807) is 29.3 Å². The van der Waals surface area contributed by atoms with Crippen molar-refractivity contribution in [2.75, 3.05) is 18.1 Å². The summed E-state index contributed by atoms with van der Waals surface area (Å²) in [6.45, 7) is 1.46. The topological polar surface area (TPSA) is 71.5 Å². The molecule has 1 saturated carbocycles. The molecule has 1 unspecified atom stereocenters. The summed E-state index contributed by atoms with van der Waals surface area (Å²) >= 11 is 12.0. The lowest BCUT2D eigenvalue weighted by atomic mass is 10.1. The maximum absolute atomic E-state index is 12.7. The van der Waals surface area contributed by atoms with Gasteiger partial charge >= 0.3 is 0 Å². The highest BCUT2D eigenvalue weighted by atomic mass is 35.5. The lowest BCUT2D eigenvalue weighted by molar-refractivity contribution is -0.132. The number of carbonyl (C=O) groups is 2. The Hall–Kier alpha value is -2.31. The van der Waals surface area contributed by atoms with Gasteiger partial charge in [0.25, 0.3) is 0 Å². The molecular weight excluding hydrogens is 413 g/mol. The van der Waals surface area contributed by atoms with Crippen LogP contribution < -0.4 is 15.0 Å². The molecule has 1 saturated heterocycles. The number of benzene rings is 1. The number of rotatable bonds is 7. The number of ether oxygens (including phenoxy) is 1. The van der Waals surface area contributed by atoms with Crippen molar-refractivity contribution in [1.29, 1.82) is 0 Å². The van der Waals surface area contributed by atoms with Crippen LogP contribution in [0.25, 0.3) is 0 Å². The van der Waals surface area contributed by atoms with Crippen molar-refractivity contribution in [3.8, 4) is 5.88 Å². The predicted octanol–water partition coefficient (Wildman–Crippen LogP) is 3.85. The fourth-order valence-corrected chi connectivity index (χ4v) is 3.56. The molecule has 4 rings (SSSR count). The van der Waals surface area contributed by atoms with E-state index in [1.165, 1.54) is 12.8 Å². The van der Waals surface area contributed by atoms with Gasteiger partial charge in [0.15, 0.2) is 0 Å². The molecule has 2 amide bonds. The Morgan fingerprint density at radius 3 is 2.76 bits per heavy atom. The number of hydrogen-bond donors (Lipinski definition) is 1. The van der Waals surface area contributed by atoms with Gasteiger partial charge in [-0.1, -0.05) is 23.2 Å². The molecule has 1 aliphatic heterocycles. The van der Waals surface area contributed by atoms with Gasteiger partial charge < -0.3 is 15.0 Å². The zero-order chi connectivity index (χ0) is 20.4. The van der Waals surface area contributed by atoms with Crippen molar-refractivity contribution < 1.29 is 14.3 Å². The van der Waals surface area contributed by atoms with E-state index < -0.39 is 5.92 Å². The van der Waals surface area contributed by atoms with Crippen LogP contribution in [0.1, 0.15) is 24.8 Å². The molecule has 29 heavy (non-hydrogen) atoms. The highest BCUT2D eigenvalue weighted by Gasteiger charge is 2.37. The number of anilines is 1. The molecule has 152 valence electrons. The van der Waals surface area contributed by atoms with E-state index in [-0.39, 0.29) is 11.8 Å². The molecule has 2 aliphatic rings. The van der Waals surface area contributed by atoms with Crippen molar-refractivity contribution in [3.05, 3.63) is 52.1 Å².